The van der Waals surface area contributed by atoms with Gasteiger partial charge in [-0.2, -0.15) is 8.42 Å². The Morgan fingerprint density at radius 2 is 1.77 bits per heavy atom. The second-order valence-electron chi connectivity index (χ2n) is 13.5. The molecule has 0 radical (unpaired) electrons. The Balaban J connectivity index is 1.46. The summed E-state index contributed by atoms with van der Waals surface area (Å²) in [6.07, 6.45) is -0.377. The lowest BCUT2D eigenvalue weighted by Crippen LogP contribution is -2.69. The molecular formula is C27H47NO11S. The van der Waals surface area contributed by atoms with Gasteiger partial charge in [-0.1, -0.05) is 20.8 Å². The molecule has 4 fully saturated rings. The normalized spacial score (nSPS) is 46.5. The van der Waals surface area contributed by atoms with E-state index in [-0.39, 0.29) is 48.9 Å². The fraction of sp³-hybridized carbons (Fsp3) is 0.963. The summed E-state index contributed by atoms with van der Waals surface area (Å²) >= 11 is 0. The topological polar surface area (TPSA) is 214 Å². The van der Waals surface area contributed by atoms with Crippen molar-refractivity contribution < 1.29 is 52.6 Å². The van der Waals surface area contributed by atoms with Crippen LogP contribution in [0.2, 0.25) is 0 Å². The fourth-order valence-corrected chi connectivity index (χ4v) is 9.86. The molecule has 0 aromatic rings. The van der Waals surface area contributed by atoms with E-state index >= 15 is 0 Å². The first kappa shape index (κ1) is 32.0. The van der Waals surface area contributed by atoms with Crippen molar-refractivity contribution in [3.63, 3.8) is 0 Å². The van der Waals surface area contributed by atoms with Crippen molar-refractivity contribution in [2.75, 3.05) is 13.2 Å². The standard InChI is InChI=1S/C27H47NO11S/c1-14(4-5-20(32)28-15(12-29)13-39-40(36,37)38)21-23(33)24(34)22-17-10-19(31)27(35)11-16(30)6-9-26(27,3)18(17)7-8-25(21,22)2/h14-19,21-24,29-31,33-35H,4-13H2,1-3H3,(H,28,32)(H,36,37,38). The molecular weight excluding hydrogens is 546 g/mol. The van der Waals surface area contributed by atoms with E-state index in [4.69, 9.17) is 4.55 Å². The first-order valence-corrected chi connectivity index (χ1v) is 15.8. The maximum absolute atomic E-state index is 12.5. The monoisotopic (exact) mass is 593 g/mol. The van der Waals surface area contributed by atoms with Gasteiger partial charge in [-0.25, -0.2) is 4.18 Å². The van der Waals surface area contributed by atoms with Crippen molar-refractivity contribution in [2.24, 2.45) is 40.4 Å². The molecule has 4 saturated carbocycles. The molecule has 13 heteroatoms. The molecule has 0 saturated heterocycles. The predicted octanol–water partition coefficient (Wildman–Crippen LogP) is -0.254. The molecule has 4 aliphatic rings. The van der Waals surface area contributed by atoms with Gasteiger partial charge in [0.05, 0.1) is 49.3 Å². The number of fused-ring (bicyclic) bond motifs is 5. The van der Waals surface area contributed by atoms with Crippen molar-refractivity contribution in [3.8, 4) is 0 Å². The number of carbonyl (C=O) groups is 1. The van der Waals surface area contributed by atoms with Gasteiger partial charge in [0.2, 0.25) is 5.91 Å². The molecule has 4 aliphatic carbocycles. The van der Waals surface area contributed by atoms with Gasteiger partial charge in [0.15, 0.2) is 0 Å². The second-order valence-corrected chi connectivity index (χ2v) is 14.6. The van der Waals surface area contributed by atoms with Crippen LogP contribution in [0.5, 0.6) is 0 Å². The van der Waals surface area contributed by atoms with Gasteiger partial charge < -0.3 is 36.0 Å². The Bertz CT molecular complexity index is 1040. The summed E-state index contributed by atoms with van der Waals surface area (Å²) in [7, 11) is -4.71. The van der Waals surface area contributed by atoms with Crippen LogP contribution in [0.4, 0.5) is 0 Å². The third-order valence-electron chi connectivity index (χ3n) is 11.4. The van der Waals surface area contributed by atoms with E-state index in [1.807, 2.05) is 13.8 Å². The predicted molar refractivity (Wildman–Crippen MR) is 142 cm³/mol. The van der Waals surface area contributed by atoms with E-state index in [2.05, 4.69) is 16.4 Å². The van der Waals surface area contributed by atoms with E-state index in [1.165, 1.54) is 0 Å². The summed E-state index contributed by atoms with van der Waals surface area (Å²) in [5.41, 5.74) is -2.49. The number of aliphatic hydroxyl groups excluding tert-OH is 5. The number of rotatable bonds is 9. The first-order chi connectivity index (χ1) is 18.5. The maximum Gasteiger partial charge on any atom is 0.397 e. The van der Waals surface area contributed by atoms with Crippen molar-refractivity contribution in [1.82, 2.24) is 5.32 Å². The van der Waals surface area contributed by atoms with Crippen molar-refractivity contribution in [1.29, 1.82) is 0 Å². The minimum Gasteiger partial charge on any atom is -0.394 e. The summed E-state index contributed by atoms with van der Waals surface area (Å²) in [6, 6.07) is -1.03. The highest BCUT2D eigenvalue weighted by Crippen LogP contribution is 2.69. The summed E-state index contributed by atoms with van der Waals surface area (Å²) in [6.45, 7) is 4.79. The maximum atomic E-state index is 12.5. The van der Waals surface area contributed by atoms with Gasteiger partial charge in [0.1, 0.15) is 0 Å². The smallest absolute Gasteiger partial charge is 0.394 e. The minimum atomic E-state index is -4.71. The quantitative estimate of drug-likeness (QED) is 0.163. The Hall–Kier alpha value is -0.900. The number of nitrogens with one attached hydrogen (secondary N) is 1. The van der Waals surface area contributed by atoms with Crippen LogP contribution in [0, 0.1) is 40.4 Å². The zero-order valence-corrected chi connectivity index (χ0v) is 24.3. The van der Waals surface area contributed by atoms with Gasteiger partial charge >= 0.3 is 10.4 Å². The van der Waals surface area contributed by atoms with Crippen LogP contribution in [0.15, 0.2) is 0 Å². The lowest BCUT2D eigenvalue weighted by Gasteiger charge is -2.65. The van der Waals surface area contributed by atoms with Crippen molar-refractivity contribution in [3.05, 3.63) is 0 Å². The van der Waals surface area contributed by atoms with Crippen LogP contribution in [-0.4, -0.2) is 98.8 Å². The lowest BCUT2D eigenvalue weighted by molar-refractivity contribution is -0.268. The highest BCUT2D eigenvalue weighted by atomic mass is 32.3. The molecule has 232 valence electrons. The number of hydrogen-bond donors (Lipinski definition) is 8. The summed E-state index contributed by atoms with van der Waals surface area (Å²) in [5.74, 6) is -1.35. The molecule has 40 heavy (non-hydrogen) atoms. The molecule has 0 aromatic heterocycles. The average Bonchev–Trinajstić information content (AvgIpc) is 3.06. The van der Waals surface area contributed by atoms with Gasteiger partial charge in [-0.05, 0) is 73.5 Å². The van der Waals surface area contributed by atoms with Crippen LogP contribution in [0.3, 0.4) is 0 Å². The molecule has 8 N–H and O–H groups in total. The van der Waals surface area contributed by atoms with Crippen LogP contribution in [0.25, 0.3) is 0 Å². The van der Waals surface area contributed by atoms with Crippen molar-refractivity contribution >= 4 is 16.3 Å². The fourth-order valence-electron chi connectivity index (χ4n) is 9.52. The minimum absolute atomic E-state index is 0.0218. The zero-order chi connectivity index (χ0) is 29.8. The van der Waals surface area contributed by atoms with Gasteiger partial charge in [0.25, 0.3) is 0 Å². The van der Waals surface area contributed by atoms with E-state index in [0.29, 0.717) is 25.7 Å². The van der Waals surface area contributed by atoms with Crippen LogP contribution >= 0.6 is 0 Å². The molecule has 0 spiro atoms. The van der Waals surface area contributed by atoms with Crippen LogP contribution < -0.4 is 5.32 Å². The molecule has 0 aromatic carbocycles. The largest absolute Gasteiger partial charge is 0.397 e. The Labute approximate surface area is 236 Å². The molecule has 13 unspecified atom stereocenters. The zero-order valence-electron chi connectivity index (χ0n) is 23.5. The van der Waals surface area contributed by atoms with E-state index in [9.17, 15) is 43.9 Å². The van der Waals surface area contributed by atoms with Gasteiger partial charge in [0, 0.05) is 18.3 Å². The Morgan fingerprint density at radius 3 is 2.40 bits per heavy atom. The Morgan fingerprint density at radius 1 is 1.10 bits per heavy atom. The molecule has 4 rings (SSSR count). The van der Waals surface area contributed by atoms with Crippen molar-refractivity contribution in [2.45, 2.75) is 108 Å². The number of hydrogen-bond acceptors (Lipinski definition) is 10. The molecule has 13 atom stereocenters. The molecule has 0 heterocycles. The van der Waals surface area contributed by atoms with E-state index < -0.39 is 76.4 Å². The average molecular weight is 594 g/mol. The van der Waals surface area contributed by atoms with Gasteiger partial charge in [-0.15, -0.1) is 0 Å². The highest BCUT2D eigenvalue weighted by molar-refractivity contribution is 7.80. The first-order valence-electron chi connectivity index (χ1n) is 14.4. The SMILES string of the molecule is CC(CCC(=O)NC(CO)COS(=O)(=O)O)C1C(O)C(O)C2C3CC(O)C4(O)CC(O)CCC4(C)C3CCC12C. The summed E-state index contributed by atoms with van der Waals surface area (Å²) < 4.78 is 34.5. The van der Waals surface area contributed by atoms with Crippen LogP contribution in [0.1, 0.15) is 72.1 Å². The lowest BCUT2D eigenvalue weighted by atomic mass is 9.42. The van der Waals surface area contributed by atoms with E-state index in [1.54, 1.807) is 0 Å². The number of carbonyl (C=O) groups excluding carboxylic acids is 1. The third kappa shape index (κ3) is 5.46. The molecule has 12 nitrogen and oxygen atoms in total. The van der Waals surface area contributed by atoms with Crippen LogP contribution in [-0.2, 0) is 19.4 Å². The summed E-state index contributed by atoms with van der Waals surface area (Å²) in [5, 5.41) is 67.8. The third-order valence-corrected chi connectivity index (χ3v) is 11.9. The molecule has 0 aliphatic heterocycles. The second kappa shape index (κ2) is 11.3. The number of amides is 1. The molecule has 0 bridgehead atoms. The highest BCUT2D eigenvalue weighted by Gasteiger charge is 2.70. The number of aliphatic hydroxyl groups is 6. The Kier molecular flexibility index (Phi) is 9.05. The summed E-state index contributed by atoms with van der Waals surface area (Å²) in [4.78, 5) is 12.5. The molecule has 1 amide bonds. The van der Waals surface area contributed by atoms with Gasteiger partial charge in [-0.3, -0.25) is 9.35 Å². The van der Waals surface area contributed by atoms with E-state index in [0.717, 1.165) is 6.42 Å².